The van der Waals surface area contributed by atoms with Gasteiger partial charge in [0.05, 0.1) is 0 Å². The molecule has 0 heteroatoms. The van der Waals surface area contributed by atoms with Crippen molar-refractivity contribution in [3.63, 3.8) is 0 Å². The minimum Gasteiger partial charge on any atom is -0.0795 e. The van der Waals surface area contributed by atoms with E-state index in [2.05, 4.69) is 55.5 Å². The molecule has 0 spiro atoms. The minimum absolute atomic E-state index is 0.540. The molecule has 2 aliphatic carbocycles. The van der Waals surface area contributed by atoms with Gasteiger partial charge in [-0.15, -0.1) is 0 Å². The van der Waals surface area contributed by atoms with E-state index < -0.39 is 0 Å². The fourth-order valence-electron chi connectivity index (χ4n) is 3.14. The van der Waals surface area contributed by atoms with E-state index in [1.165, 1.54) is 33.0 Å². The van der Waals surface area contributed by atoms with E-state index in [4.69, 9.17) is 0 Å². The normalized spacial score (nSPS) is 19.9. The van der Waals surface area contributed by atoms with Gasteiger partial charge in [0, 0.05) is 0 Å². The fourth-order valence-corrected chi connectivity index (χ4v) is 3.14. The third-order valence-electron chi connectivity index (χ3n) is 4.03. The lowest BCUT2D eigenvalue weighted by Crippen LogP contribution is -2.02. The lowest BCUT2D eigenvalue weighted by Gasteiger charge is -2.22. The van der Waals surface area contributed by atoms with Crippen LogP contribution in [0.5, 0.6) is 0 Å². The molecule has 0 radical (unpaired) electrons. The summed E-state index contributed by atoms with van der Waals surface area (Å²) in [5.74, 6) is 0.540. The van der Waals surface area contributed by atoms with Crippen LogP contribution in [0.4, 0.5) is 0 Å². The van der Waals surface area contributed by atoms with Crippen molar-refractivity contribution in [1.29, 1.82) is 0 Å². The number of allylic oxidation sites excluding steroid dienone is 2. The topological polar surface area (TPSA) is 0 Å². The van der Waals surface area contributed by atoms with Gasteiger partial charge in [-0.25, -0.2) is 0 Å². The molecule has 82 valence electrons. The molecular weight excluding hydrogens is 204 g/mol. The summed E-state index contributed by atoms with van der Waals surface area (Å²) in [5, 5.41) is 2.97. The molecule has 0 saturated carbocycles. The molecule has 4 rings (SSSR count). The summed E-state index contributed by atoms with van der Waals surface area (Å²) >= 11 is 0. The Morgan fingerprint density at radius 2 is 1.76 bits per heavy atom. The van der Waals surface area contributed by atoms with Crippen LogP contribution in [0, 0.1) is 0 Å². The Labute approximate surface area is 101 Å². The summed E-state index contributed by atoms with van der Waals surface area (Å²) in [7, 11) is 0. The van der Waals surface area contributed by atoms with Crippen molar-refractivity contribution >= 4 is 22.9 Å². The van der Waals surface area contributed by atoms with Crippen LogP contribution in [0.15, 0.2) is 36.4 Å². The zero-order valence-corrected chi connectivity index (χ0v) is 9.90. The largest absolute Gasteiger partial charge is 0.0795 e. The van der Waals surface area contributed by atoms with Gasteiger partial charge < -0.3 is 0 Å². The van der Waals surface area contributed by atoms with Crippen LogP contribution in [0.1, 0.15) is 35.1 Å². The number of rotatable bonds is 0. The molecule has 17 heavy (non-hydrogen) atoms. The molecular formula is C17H14. The molecule has 0 heterocycles. The zero-order chi connectivity index (χ0) is 11.4. The second-order valence-corrected chi connectivity index (χ2v) is 5.06. The fraction of sp³-hybridized carbons (Fsp3) is 0.176. The number of benzene rings is 2. The van der Waals surface area contributed by atoms with Gasteiger partial charge in [-0.1, -0.05) is 55.5 Å². The van der Waals surface area contributed by atoms with E-state index >= 15 is 0 Å². The first-order valence-electron chi connectivity index (χ1n) is 6.28. The van der Waals surface area contributed by atoms with E-state index in [0.29, 0.717) is 5.92 Å². The average Bonchev–Trinajstić information content (AvgIpc) is 2.38. The van der Waals surface area contributed by atoms with Crippen LogP contribution in [-0.4, -0.2) is 0 Å². The first kappa shape index (κ1) is 9.23. The molecule has 0 aromatic heterocycles. The molecule has 2 aromatic carbocycles. The second kappa shape index (κ2) is 3.10. The Morgan fingerprint density at radius 3 is 2.65 bits per heavy atom. The maximum absolute atomic E-state index is 2.32. The van der Waals surface area contributed by atoms with Crippen molar-refractivity contribution in [3.05, 3.63) is 58.7 Å². The van der Waals surface area contributed by atoms with Crippen molar-refractivity contribution in [2.75, 3.05) is 0 Å². The van der Waals surface area contributed by atoms with Crippen LogP contribution < -0.4 is 0 Å². The molecule has 0 aliphatic heterocycles. The number of hydrogen-bond donors (Lipinski definition) is 0. The third kappa shape index (κ3) is 1.13. The van der Waals surface area contributed by atoms with Gasteiger partial charge in [-0.05, 0) is 45.4 Å². The summed E-state index contributed by atoms with van der Waals surface area (Å²) < 4.78 is 0. The molecule has 0 fully saturated rings. The summed E-state index contributed by atoms with van der Waals surface area (Å²) in [5.41, 5.74) is 5.73. The quantitative estimate of drug-likeness (QED) is 0.609. The Balaban J connectivity index is 2.26. The lowest BCUT2D eigenvalue weighted by atomic mass is 9.82. The second-order valence-electron chi connectivity index (χ2n) is 5.06. The summed E-state index contributed by atoms with van der Waals surface area (Å²) in [6, 6.07) is 9.13. The summed E-state index contributed by atoms with van der Waals surface area (Å²) in [4.78, 5) is 0. The highest BCUT2D eigenvalue weighted by molar-refractivity contribution is 6.03. The summed E-state index contributed by atoms with van der Waals surface area (Å²) in [6.07, 6.45) is 10.2. The third-order valence-corrected chi connectivity index (χ3v) is 4.03. The monoisotopic (exact) mass is 218 g/mol. The Morgan fingerprint density at radius 1 is 0.941 bits per heavy atom. The molecule has 0 amide bonds. The van der Waals surface area contributed by atoms with Crippen LogP contribution in [0.3, 0.4) is 0 Å². The predicted molar refractivity (Wildman–Crippen MR) is 74.1 cm³/mol. The smallest absolute Gasteiger partial charge is 0.0000725 e. The first-order valence-corrected chi connectivity index (χ1v) is 6.28. The zero-order valence-electron chi connectivity index (χ0n) is 9.90. The van der Waals surface area contributed by atoms with Gasteiger partial charge in [0.15, 0.2) is 0 Å². The Hall–Kier alpha value is -1.82. The van der Waals surface area contributed by atoms with Gasteiger partial charge in [-0.2, -0.15) is 0 Å². The van der Waals surface area contributed by atoms with Crippen LogP contribution in [0.2, 0.25) is 0 Å². The van der Waals surface area contributed by atoms with Crippen molar-refractivity contribution in [2.45, 2.75) is 19.3 Å². The summed E-state index contributed by atoms with van der Waals surface area (Å²) in [6.45, 7) is 2.28. The molecule has 0 saturated heterocycles. The molecule has 2 aromatic rings. The lowest BCUT2D eigenvalue weighted by molar-refractivity contribution is 0.977. The predicted octanol–water partition coefficient (Wildman–Crippen LogP) is 4.54. The van der Waals surface area contributed by atoms with Crippen molar-refractivity contribution in [1.82, 2.24) is 0 Å². The molecule has 1 atom stereocenters. The number of hydrogen-bond acceptors (Lipinski definition) is 0. The molecule has 0 nitrogen and oxygen atoms in total. The highest BCUT2D eigenvalue weighted by Gasteiger charge is 2.18. The van der Waals surface area contributed by atoms with Gasteiger partial charge >= 0.3 is 0 Å². The van der Waals surface area contributed by atoms with E-state index in [0.717, 1.165) is 6.42 Å². The van der Waals surface area contributed by atoms with Crippen molar-refractivity contribution < 1.29 is 0 Å². The van der Waals surface area contributed by atoms with Crippen LogP contribution in [0.25, 0.3) is 22.9 Å². The van der Waals surface area contributed by atoms with Gasteiger partial charge in [0.25, 0.3) is 0 Å². The van der Waals surface area contributed by atoms with E-state index in [1.54, 1.807) is 0 Å². The van der Waals surface area contributed by atoms with Gasteiger partial charge in [0.2, 0.25) is 0 Å². The van der Waals surface area contributed by atoms with E-state index in [-0.39, 0.29) is 0 Å². The average molecular weight is 218 g/mol. The van der Waals surface area contributed by atoms with Crippen molar-refractivity contribution in [2.24, 2.45) is 0 Å². The Bertz CT molecular complexity index is 687. The highest BCUT2D eigenvalue weighted by Crippen LogP contribution is 2.39. The molecule has 2 aliphatic rings. The van der Waals surface area contributed by atoms with Crippen LogP contribution in [-0.2, 0) is 6.42 Å². The maximum Gasteiger partial charge on any atom is -0.0000725 e. The van der Waals surface area contributed by atoms with E-state index in [9.17, 15) is 0 Å². The molecule has 0 bridgehead atoms. The van der Waals surface area contributed by atoms with Crippen LogP contribution >= 0.6 is 0 Å². The molecule has 0 N–H and O–H groups in total. The SMILES string of the molecule is CC1C=Cc2ccc3c4c(ccc1c24)CC=C3. The van der Waals surface area contributed by atoms with E-state index in [1.807, 2.05) is 0 Å². The molecule has 1 unspecified atom stereocenters. The van der Waals surface area contributed by atoms with Gasteiger partial charge in [0.1, 0.15) is 0 Å². The first-order chi connectivity index (χ1) is 8.34. The van der Waals surface area contributed by atoms with Crippen molar-refractivity contribution in [3.8, 4) is 0 Å². The maximum atomic E-state index is 2.32. The standard InChI is InChI=1S/C17H14/c1-11-5-6-14-8-7-12-3-2-4-13-9-10-15(11)17(14)16(12)13/h2-3,5-11H,4H2,1H3. The Kier molecular flexibility index (Phi) is 1.69. The highest BCUT2D eigenvalue weighted by atomic mass is 14.2. The van der Waals surface area contributed by atoms with Gasteiger partial charge in [-0.3, -0.25) is 0 Å². The minimum atomic E-state index is 0.540.